The van der Waals surface area contributed by atoms with Gasteiger partial charge in [0.1, 0.15) is 11.5 Å². The largest absolute Gasteiger partial charge is 0.464 e. The molecule has 1 saturated carbocycles. The topological polar surface area (TPSA) is 49.6 Å². The molecule has 1 aliphatic rings. The third-order valence-electron chi connectivity index (χ3n) is 3.21. The molecular weight excluding hydrogens is 214 g/mol. The fourth-order valence-electron chi connectivity index (χ4n) is 1.88. The Hall–Kier alpha value is -1.45. The molecule has 0 aromatic carbocycles. The van der Waals surface area contributed by atoms with Gasteiger partial charge in [0.25, 0.3) is 0 Å². The average molecular weight is 235 g/mol. The lowest BCUT2D eigenvalue weighted by molar-refractivity contribution is 0.375. The average Bonchev–Trinajstić information content (AvgIpc) is 2.68. The fourth-order valence-corrected chi connectivity index (χ4v) is 1.88. The number of hydrogen-bond acceptors (Lipinski definition) is 2. The number of rotatable bonds is 3. The summed E-state index contributed by atoms with van der Waals surface area (Å²) in [6.07, 6.45) is 3.81. The Bertz CT molecular complexity index is 393. The summed E-state index contributed by atoms with van der Waals surface area (Å²) < 4.78 is 5.59. The van der Waals surface area contributed by atoms with Crippen molar-refractivity contribution in [2.24, 2.45) is 4.99 Å². The second-order valence-electron chi connectivity index (χ2n) is 4.66. The predicted molar refractivity (Wildman–Crippen MR) is 69.1 cm³/mol. The van der Waals surface area contributed by atoms with E-state index in [1.165, 1.54) is 19.3 Å². The fraction of sp³-hybridized carbons (Fsp3) is 0.615. The van der Waals surface area contributed by atoms with Crippen molar-refractivity contribution < 1.29 is 4.42 Å². The molecule has 0 saturated heterocycles. The van der Waals surface area contributed by atoms with Gasteiger partial charge in [0.15, 0.2) is 5.96 Å². The van der Waals surface area contributed by atoms with E-state index >= 15 is 0 Å². The molecule has 0 bridgehead atoms. The van der Waals surface area contributed by atoms with Crippen molar-refractivity contribution in [3.63, 3.8) is 0 Å². The summed E-state index contributed by atoms with van der Waals surface area (Å²) in [4.78, 5) is 4.23. The molecule has 0 amide bonds. The van der Waals surface area contributed by atoms with Crippen LogP contribution in [0.3, 0.4) is 0 Å². The molecule has 1 unspecified atom stereocenters. The van der Waals surface area contributed by atoms with Crippen LogP contribution in [-0.4, -0.2) is 19.0 Å². The Morgan fingerprint density at radius 3 is 2.71 bits per heavy atom. The van der Waals surface area contributed by atoms with E-state index < -0.39 is 0 Å². The van der Waals surface area contributed by atoms with Crippen LogP contribution in [0.15, 0.2) is 21.5 Å². The highest BCUT2D eigenvalue weighted by molar-refractivity contribution is 5.80. The number of furan rings is 1. The molecule has 17 heavy (non-hydrogen) atoms. The van der Waals surface area contributed by atoms with Crippen LogP contribution in [0, 0.1) is 6.92 Å². The van der Waals surface area contributed by atoms with E-state index in [1.807, 2.05) is 19.1 Å². The Morgan fingerprint density at radius 2 is 2.24 bits per heavy atom. The van der Waals surface area contributed by atoms with Crippen LogP contribution in [0.4, 0.5) is 0 Å². The SMILES string of the molecule is CN=C(NC1CCC1)NC(C)c1ccc(C)o1. The Balaban J connectivity index is 1.89. The van der Waals surface area contributed by atoms with Gasteiger partial charge in [0.05, 0.1) is 6.04 Å². The van der Waals surface area contributed by atoms with E-state index in [2.05, 4.69) is 22.5 Å². The molecule has 4 nitrogen and oxygen atoms in total. The van der Waals surface area contributed by atoms with Crippen molar-refractivity contribution in [3.05, 3.63) is 23.7 Å². The van der Waals surface area contributed by atoms with Crippen LogP contribution < -0.4 is 10.6 Å². The Morgan fingerprint density at radius 1 is 1.47 bits per heavy atom. The molecule has 1 aromatic rings. The summed E-state index contributed by atoms with van der Waals surface area (Å²) in [5, 5.41) is 6.75. The smallest absolute Gasteiger partial charge is 0.191 e. The molecule has 1 aliphatic carbocycles. The van der Waals surface area contributed by atoms with Gasteiger partial charge < -0.3 is 15.1 Å². The maximum absolute atomic E-state index is 5.59. The molecule has 0 spiro atoms. The molecule has 1 heterocycles. The lowest BCUT2D eigenvalue weighted by Gasteiger charge is -2.29. The quantitative estimate of drug-likeness (QED) is 0.624. The molecular formula is C13H21N3O. The van der Waals surface area contributed by atoms with Crippen molar-refractivity contribution in [2.45, 2.75) is 45.2 Å². The van der Waals surface area contributed by atoms with Crippen molar-refractivity contribution in [3.8, 4) is 0 Å². The summed E-state index contributed by atoms with van der Waals surface area (Å²) in [7, 11) is 1.80. The molecule has 1 atom stereocenters. The molecule has 2 N–H and O–H groups in total. The number of nitrogens with zero attached hydrogens (tertiary/aromatic N) is 1. The second-order valence-corrected chi connectivity index (χ2v) is 4.66. The van der Waals surface area contributed by atoms with Crippen molar-refractivity contribution in [2.75, 3.05) is 7.05 Å². The molecule has 1 aromatic heterocycles. The maximum Gasteiger partial charge on any atom is 0.191 e. The number of aliphatic imine (C=N–C) groups is 1. The van der Waals surface area contributed by atoms with Gasteiger partial charge in [-0.05, 0) is 45.2 Å². The van der Waals surface area contributed by atoms with E-state index in [4.69, 9.17) is 4.42 Å². The van der Waals surface area contributed by atoms with E-state index in [1.54, 1.807) is 7.05 Å². The number of nitrogens with one attached hydrogen (secondary N) is 2. The van der Waals surface area contributed by atoms with E-state index in [-0.39, 0.29) is 6.04 Å². The zero-order valence-electron chi connectivity index (χ0n) is 10.8. The van der Waals surface area contributed by atoms with Gasteiger partial charge in [-0.15, -0.1) is 0 Å². The first-order chi connectivity index (χ1) is 8.19. The summed E-state index contributed by atoms with van der Waals surface area (Å²) in [5.41, 5.74) is 0. The standard InChI is InChI=1S/C13H21N3O/c1-9-7-8-12(17-9)10(2)15-13(14-3)16-11-5-4-6-11/h7-8,10-11H,4-6H2,1-3H3,(H2,14,15,16). The van der Waals surface area contributed by atoms with Gasteiger partial charge in [0.2, 0.25) is 0 Å². The number of hydrogen-bond donors (Lipinski definition) is 2. The van der Waals surface area contributed by atoms with Gasteiger partial charge in [-0.1, -0.05) is 0 Å². The van der Waals surface area contributed by atoms with Crippen LogP contribution in [0.5, 0.6) is 0 Å². The lowest BCUT2D eigenvalue weighted by Crippen LogP contribution is -2.46. The predicted octanol–water partition coefficient (Wildman–Crippen LogP) is 2.37. The highest BCUT2D eigenvalue weighted by atomic mass is 16.3. The molecule has 0 aliphatic heterocycles. The first kappa shape index (κ1) is 12.0. The summed E-state index contributed by atoms with van der Waals surface area (Å²) in [5.74, 6) is 2.74. The van der Waals surface area contributed by atoms with E-state index in [0.717, 1.165) is 17.5 Å². The van der Waals surface area contributed by atoms with E-state index in [9.17, 15) is 0 Å². The van der Waals surface area contributed by atoms with E-state index in [0.29, 0.717) is 6.04 Å². The van der Waals surface area contributed by atoms with Gasteiger partial charge in [-0.3, -0.25) is 4.99 Å². The van der Waals surface area contributed by atoms with Crippen LogP contribution in [0.25, 0.3) is 0 Å². The minimum absolute atomic E-state index is 0.134. The highest BCUT2D eigenvalue weighted by Crippen LogP contribution is 2.19. The van der Waals surface area contributed by atoms with Crippen LogP contribution in [0.1, 0.15) is 43.7 Å². The van der Waals surface area contributed by atoms with Gasteiger partial charge in [-0.25, -0.2) is 0 Å². The van der Waals surface area contributed by atoms with Crippen LogP contribution in [0.2, 0.25) is 0 Å². The first-order valence-corrected chi connectivity index (χ1v) is 6.25. The number of guanidine groups is 1. The summed E-state index contributed by atoms with van der Waals surface area (Å²) in [6, 6.07) is 4.71. The molecule has 94 valence electrons. The molecule has 2 rings (SSSR count). The zero-order valence-corrected chi connectivity index (χ0v) is 10.8. The summed E-state index contributed by atoms with van der Waals surface area (Å²) >= 11 is 0. The highest BCUT2D eigenvalue weighted by Gasteiger charge is 2.19. The molecule has 1 fully saturated rings. The summed E-state index contributed by atoms with van der Waals surface area (Å²) in [6.45, 7) is 4.03. The van der Waals surface area contributed by atoms with Crippen molar-refractivity contribution in [1.82, 2.24) is 10.6 Å². The van der Waals surface area contributed by atoms with Crippen molar-refractivity contribution in [1.29, 1.82) is 0 Å². The number of aryl methyl sites for hydroxylation is 1. The minimum Gasteiger partial charge on any atom is -0.464 e. The zero-order chi connectivity index (χ0) is 12.3. The van der Waals surface area contributed by atoms with Gasteiger partial charge >= 0.3 is 0 Å². The van der Waals surface area contributed by atoms with Crippen molar-refractivity contribution >= 4 is 5.96 Å². The minimum atomic E-state index is 0.134. The first-order valence-electron chi connectivity index (χ1n) is 6.25. The maximum atomic E-state index is 5.59. The normalized spacial score (nSPS) is 18.6. The van der Waals surface area contributed by atoms with Crippen LogP contribution >= 0.6 is 0 Å². The molecule has 0 radical (unpaired) electrons. The van der Waals surface area contributed by atoms with Gasteiger partial charge in [0, 0.05) is 13.1 Å². The molecule has 4 heteroatoms. The lowest BCUT2D eigenvalue weighted by atomic mass is 9.93. The monoisotopic (exact) mass is 235 g/mol. The second kappa shape index (κ2) is 5.25. The van der Waals surface area contributed by atoms with Gasteiger partial charge in [-0.2, -0.15) is 0 Å². The Kier molecular flexibility index (Phi) is 3.71. The Labute approximate surface area is 102 Å². The third kappa shape index (κ3) is 3.02. The van der Waals surface area contributed by atoms with Crippen LogP contribution in [-0.2, 0) is 0 Å². The third-order valence-corrected chi connectivity index (χ3v) is 3.21.